The van der Waals surface area contributed by atoms with E-state index in [0.717, 1.165) is 35.8 Å². The summed E-state index contributed by atoms with van der Waals surface area (Å²) in [6, 6.07) is 0. The molecule has 7 heteroatoms. The maximum Gasteiger partial charge on any atom is 0.276 e. The minimum Gasteiger partial charge on any atom is -0.378 e. The molecule has 1 fully saturated rings. The smallest absolute Gasteiger partial charge is 0.276 e. The summed E-state index contributed by atoms with van der Waals surface area (Å²) < 4.78 is 13.0. The lowest BCUT2D eigenvalue weighted by molar-refractivity contribution is 0.109. The van der Waals surface area contributed by atoms with Gasteiger partial charge in [-0.1, -0.05) is 5.16 Å². The van der Waals surface area contributed by atoms with Gasteiger partial charge >= 0.3 is 0 Å². The molecule has 1 unspecified atom stereocenters. The summed E-state index contributed by atoms with van der Waals surface area (Å²) >= 11 is 1.59. The van der Waals surface area contributed by atoms with E-state index in [-0.39, 0.29) is 6.10 Å². The molecule has 0 spiro atoms. The fourth-order valence-electron chi connectivity index (χ4n) is 2.59. The Balaban J connectivity index is 1.66. The second-order valence-corrected chi connectivity index (χ2v) is 5.83. The van der Waals surface area contributed by atoms with Crippen molar-refractivity contribution >= 4 is 16.3 Å². The van der Waals surface area contributed by atoms with Crippen LogP contribution in [0, 0.1) is 6.92 Å². The quantitative estimate of drug-likeness (QED) is 0.741. The highest BCUT2D eigenvalue weighted by Crippen LogP contribution is 2.26. The average Bonchev–Trinajstić information content (AvgIpc) is 3.14. The Morgan fingerprint density at radius 1 is 1.45 bits per heavy atom. The zero-order valence-corrected chi connectivity index (χ0v) is 11.9. The van der Waals surface area contributed by atoms with Gasteiger partial charge in [-0.15, -0.1) is 11.3 Å². The molecule has 0 N–H and O–H groups in total. The van der Waals surface area contributed by atoms with Crippen LogP contribution in [0.1, 0.15) is 24.4 Å². The summed E-state index contributed by atoms with van der Waals surface area (Å²) in [7, 11) is 0. The SMILES string of the molecule is Cc1nc2sccn2c1-c1nc(CC2CCCO2)no1. The highest BCUT2D eigenvalue weighted by Gasteiger charge is 2.22. The normalized spacial score (nSPS) is 19.1. The van der Waals surface area contributed by atoms with E-state index in [0.29, 0.717) is 18.1 Å². The Morgan fingerprint density at radius 3 is 3.25 bits per heavy atom. The van der Waals surface area contributed by atoms with Crippen LogP contribution in [-0.2, 0) is 11.2 Å². The molecular formula is C13H14N4O2S. The van der Waals surface area contributed by atoms with Gasteiger partial charge in [-0.05, 0) is 19.8 Å². The van der Waals surface area contributed by atoms with Gasteiger partial charge in [-0.25, -0.2) is 4.98 Å². The molecule has 0 radical (unpaired) electrons. The van der Waals surface area contributed by atoms with E-state index >= 15 is 0 Å². The summed E-state index contributed by atoms with van der Waals surface area (Å²) in [5.41, 5.74) is 1.79. The number of aryl methyl sites for hydroxylation is 1. The van der Waals surface area contributed by atoms with Crippen LogP contribution in [0.5, 0.6) is 0 Å². The first-order valence-corrected chi connectivity index (χ1v) is 7.56. The molecule has 20 heavy (non-hydrogen) atoms. The van der Waals surface area contributed by atoms with Crippen LogP contribution in [0.15, 0.2) is 16.1 Å². The third-order valence-electron chi connectivity index (χ3n) is 3.54. The Hall–Kier alpha value is -1.73. The van der Waals surface area contributed by atoms with Gasteiger partial charge < -0.3 is 9.26 Å². The molecule has 3 aromatic heterocycles. The molecule has 104 valence electrons. The van der Waals surface area contributed by atoms with Gasteiger partial charge in [0.2, 0.25) is 0 Å². The molecule has 1 atom stereocenters. The van der Waals surface area contributed by atoms with E-state index in [1.807, 2.05) is 22.9 Å². The lowest BCUT2D eigenvalue weighted by Crippen LogP contribution is -2.09. The number of thiazole rings is 1. The van der Waals surface area contributed by atoms with E-state index in [9.17, 15) is 0 Å². The van der Waals surface area contributed by atoms with Crippen LogP contribution in [0.2, 0.25) is 0 Å². The van der Waals surface area contributed by atoms with Crippen LogP contribution in [-0.4, -0.2) is 32.2 Å². The van der Waals surface area contributed by atoms with Gasteiger partial charge in [-0.2, -0.15) is 4.98 Å². The first-order chi connectivity index (χ1) is 9.81. The molecule has 0 saturated carbocycles. The molecule has 0 aliphatic carbocycles. The minimum absolute atomic E-state index is 0.230. The maximum absolute atomic E-state index is 5.60. The zero-order chi connectivity index (χ0) is 13.5. The second kappa shape index (κ2) is 4.68. The highest BCUT2D eigenvalue weighted by molar-refractivity contribution is 7.15. The van der Waals surface area contributed by atoms with Gasteiger partial charge in [0.1, 0.15) is 5.69 Å². The summed E-state index contributed by atoms with van der Waals surface area (Å²) in [6.45, 7) is 2.80. The first-order valence-electron chi connectivity index (χ1n) is 6.68. The minimum atomic E-state index is 0.230. The van der Waals surface area contributed by atoms with Crippen molar-refractivity contribution < 1.29 is 9.26 Å². The van der Waals surface area contributed by atoms with E-state index < -0.39 is 0 Å². The van der Waals surface area contributed by atoms with Crippen LogP contribution in [0.25, 0.3) is 16.5 Å². The van der Waals surface area contributed by atoms with Gasteiger partial charge in [0.05, 0.1) is 11.8 Å². The summed E-state index contributed by atoms with van der Waals surface area (Å²) in [6.07, 6.45) is 5.11. The Kier molecular flexibility index (Phi) is 2.82. The predicted molar refractivity (Wildman–Crippen MR) is 73.8 cm³/mol. The van der Waals surface area contributed by atoms with Crippen molar-refractivity contribution in [3.8, 4) is 11.6 Å². The molecule has 0 bridgehead atoms. The molecule has 1 aliphatic heterocycles. The highest BCUT2D eigenvalue weighted by atomic mass is 32.1. The fraction of sp³-hybridized carbons (Fsp3) is 0.462. The number of nitrogens with zero attached hydrogens (tertiary/aromatic N) is 4. The van der Waals surface area contributed by atoms with Crippen LogP contribution < -0.4 is 0 Å². The van der Waals surface area contributed by atoms with Crippen molar-refractivity contribution in [3.63, 3.8) is 0 Å². The van der Waals surface area contributed by atoms with E-state index in [1.54, 1.807) is 11.3 Å². The zero-order valence-electron chi connectivity index (χ0n) is 11.1. The number of aromatic nitrogens is 4. The van der Waals surface area contributed by atoms with Gasteiger partial charge in [-0.3, -0.25) is 4.40 Å². The lowest BCUT2D eigenvalue weighted by Gasteiger charge is -2.03. The van der Waals surface area contributed by atoms with Crippen LogP contribution >= 0.6 is 11.3 Å². The molecule has 3 aromatic rings. The summed E-state index contributed by atoms with van der Waals surface area (Å²) in [5, 5.41) is 6.06. The van der Waals surface area contributed by atoms with Crippen LogP contribution in [0.4, 0.5) is 0 Å². The number of hydrogen-bond donors (Lipinski definition) is 0. The van der Waals surface area contributed by atoms with Crippen molar-refractivity contribution in [1.29, 1.82) is 0 Å². The largest absolute Gasteiger partial charge is 0.378 e. The topological polar surface area (TPSA) is 65.5 Å². The molecule has 0 aromatic carbocycles. The monoisotopic (exact) mass is 290 g/mol. The van der Waals surface area contributed by atoms with Crippen LogP contribution in [0.3, 0.4) is 0 Å². The molecular weight excluding hydrogens is 276 g/mol. The Bertz CT molecular complexity index is 739. The summed E-state index contributed by atoms with van der Waals surface area (Å²) in [4.78, 5) is 9.92. The average molecular weight is 290 g/mol. The summed E-state index contributed by atoms with van der Waals surface area (Å²) in [5.74, 6) is 1.23. The lowest BCUT2D eigenvalue weighted by atomic mass is 10.2. The number of rotatable bonds is 3. The standard InChI is InChI=1S/C13H14N4O2S/c1-8-11(17-4-6-20-13(17)14-8)12-15-10(16-19-12)7-9-3-2-5-18-9/h4,6,9H,2-3,5,7H2,1H3. The molecule has 4 rings (SSSR count). The van der Waals surface area contributed by atoms with Crippen molar-refractivity contribution in [3.05, 3.63) is 23.1 Å². The van der Waals surface area contributed by atoms with E-state index in [4.69, 9.17) is 9.26 Å². The van der Waals surface area contributed by atoms with E-state index in [2.05, 4.69) is 15.1 Å². The molecule has 6 nitrogen and oxygen atoms in total. The third-order valence-corrected chi connectivity index (χ3v) is 4.30. The van der Waals surface area contributed by atoms with Crippen molar-refractivity contribution in [2.45, 2.75) is 32.3 Å². The third kappa shape index (κ3) is 1.94. The van der Waals surface area contributed by atoms with Crippen molar-refractivity contribution in [2.75, 3.05) is 6.61 Å². The fourth-order valence-corrected chi connectivity index (χ4v) is 3.35. The van der Waals surface area contributed by atoms with Crippen molar-refractivity contribution in [2.24, 2.45) is 0 Å². The molecule has 0 amide bonds. The number of ether oxygens (including phenoxy) is 1. The molecule has 1 aliphatic rings. The first kappa shape index (κ1) is 12.0. The number of hydrogen-bond acceptors (Lipinski definition) is 6. The molecule has 4 heterocycles. The Labute approximate surface area is 119 Å². The van der Waals surface area contributed by atoms with Gasteiger partial charge in [0, 0.05) is 24.6 Å². The number of imidazole rings is 1. The molecule has 1 saturated heterocycles. The van der Waals surface area contributed by atoms with Crippen molar-refractivity contribution in [1.82, 2.24) is 19.5 Å². The van der Waals surface area contributed by atoms with Gasteiger partial charge in [0.15, 0.2) is 10.8 Å². The Morgan fingerprint density at radius 2 is 2.40 bits per heavy atom. The maximum atomic E-state index is 5.60. The number of fused-ring (bicyclic) bond motifs is 1. The van der Waals surface area contributed by atoms with Gasteiger partial charge in [0.25, 0.3) is 5.89 Å². The van der Waals surface area contributed by atoms with E-state index in [1.165, 1.54) is 0 Å². The predicted octanol–water partition coefficient (Wildman–Crippen LogP) is 2.48. The second-order valence-electron chi connectivity index (χ2n) is 4.96.